The van der Waals surface area contributed by atoms with Gasteiger partial charge in [-0.15, -0.1) is 0 Å². The van der Waals surface area contributed by atoms with Gasteiger partial charge in [-0.1, -0.05) is 6.42 Å². The molecule has 0 saturated heterocycles. The van der Waals surface area contributed by atoms with Crippen LogP contribution < -0.4 is 5.73 Å². The van der Waals surface area contributed by atoms with Crippen LogP contribution in [0.5, 0.6) is 0 Å². The van der Waals surface area contributed by atoms with Crippen LogP contribution in [0.1, 0.15) is 38.5 Å². The van der Waals surface area contributed by atoms with Crippen LogP contribution in [0.15, 0.2) is 0 Å². The van der Waals surface area contributed by atoms with E-state index in [4.69, 9.17) is 15.6 Å². The molecule has 3 N–H and O–H groups in total. The Balaban J connectivity index is 1.72. The van der Waals surface area contributed by atoms with Gasteiger partial charge in [-0.2, -0.15) is 0 Å². The van der Waals surface area contributed by atoms with Crippen LogP contribution in [0.25, 0.3) is 0 Å². The minimum absolute atomic E-state index is 0.0872. The number of carboxylic acids is 1. The van der Waals surface area contributed by atoms with Crippen LogP contribution in [0, 0.1) is 11.8 Å². The van der Waals surface area contributed by atoms with Gasteiger partial charge in [0, 0.05) is 13.2 Å². The lowest BCUT2D eigenvalue weighted by atomic mass is 9.86. The highest BCUT2D eigenvalue weighted by Gasteiger charge is 2.45. The molecule has 0 aliphatic heterocycles. The fraction of sp³-hybridized carbons (Fsp3) is 0.917. The van der Waals surface area contributed by atoms with Crippen LogP contribution >= 0.6 is 0 Å². The topological polar surface area (TPSA) is 72.6 Å². The first kappa shape index (κ1) is 11.9. The SMILES string of the molecule is NC1(C(=O)O)CCCC1CCOCC1CC1. The molecule has 2 rings (SSSR count). The van der Waals surface area contributed by atoms with Crippen molar-refractivity contribution in [2.24, 2.45) is 17.6 Å². The Morgan fingerprint density at radius 2 is 2.19 bits per heavy atom. The predicted molar refractivity (Wildman–Crippen MR) is 60.1 cm³/mol. The van der Waals surface area contributed by atoms with Crippen molar-refractivity contribution in [3.05, 3.63) is 0 Å². The lowest BCUT2D eigenvalue weighted by Gasteiger charge is -2.26. The number of carbonyl (C=O) groups is 1. The highest BCUT2D eigenvalue weighted by Crippen LogP contribution is 2.36. The average molecular weight is 227 g/mol. The molecule has 92 valence electrons. The number of ether oxygens (including phenoxy) is 1. The Morgan fingerprint density at radius 3 is 2.81 bits per heavy atom. The molecule has 0 bridgehead atoms. The highest BCUT2D eigenvalue weighted by atomic mass is 16.5. The molecule has 0 aromatic heterocycles. The van der Waals surface area contributed by atoms with Crippen molar-refractivity contribution in [1.29, 1.82) is 0 Å². The molecule has 0 radical (unpaired) electrons. The third-order valence-electron chi connectivity index (χ3n) is 3.93. The molecule has 4 heteroatoms. The van der Waals surface area contributed by atoms with E-state index in [1.54, 1.807) is 0 Å². The zero-order valence-corrected chi connectivity index (χ0v) is 9.65. The van der Waals surface area contributed by atoms with E-state index in [0.717, 1.165) is 31.8 Å². The third-order valence-corrected chi connectivity index (χ3v) is 3.93. The van der Waals surface area contributed by atoms with Crippen molar-refractivity contribution in [2.45, 2.75) is 44.1 Å². The minimum atomic E-state index is -0.997. The molecule has 0 aromatic rings. The molecule has 4 nitrogen and oxygen atoms in total. The molecular weight excluding hydrogens is 206 g/mol. The Labute approximate surface area is 96.2 Å². The Morgan fingerprint density at radius 1 is 1.44 bits per heavy atom. The van der Waals surface area contributed by atoms with E-state index in [-0.39, 0.29) is 5.92 Å². The van der Waals surface area contributed by atoms with Crippen molar-refractivity contribution in [3.8, 4) is 0 Å². The molecule has 2 fully saturated rings. The van der Waals surface area contributed by atoms with Gasteiger partial charge in [0.25, 0.3) is 0 Å². The number of hydrogen-bond acceptors (Lipinski definition) is 3. The number of nitrogens with two attached hydrogens (primary N) is 1. The zero-order chi connectivity index (χ0) is 11.6. The van der Waals surface area contributed by atoms with Crippen LogP contribution in [0.3, 0.4) is 0 Å². The summed E-state index contributed by atoms with van der Waals surface area (Å²) in [5.41, 5.74) is 4.95. The van der Waals surface area contributed by atoms with E-state index in [9.17, 15) is 4.79 Å². The Hall–Kier alpha value is -0.610. The minimum Gasteiger partial charge on any atom is -0.480 e. The van der Waals surface area contributed by atoms with Crippen LogP contribution in [-0.4, -0.2) is 29.8 Å². The Bertz CT molecular complexity index is 265. The molecular formula is C12H21NO3. The first-order valence-electron chi connectivity index (χ1n) is 6.23. The number of rotatable bonds is 6. The average Bonchev–Trinajstić information content (AvgIpc) is 2.98. The van der Waals surface area contributed by atoms with E-state index < -0.39 is 11.5 Å². The molecule has 2 aliphatic rings. The first-order chi connectivity index (χ1) is 7.63. The van der Waals surface area contributed by atoms with Gasteiger partial charge >= 0.3 is 5.97 Å². The van der Waals surface area contributed by atoms with E-state index in [1.807, 2.05) is 0 Å². The summed E-state index contributed by atoms with van der Waals surface area (Å²) in [6, 6.07) is 0. The number of aliphatic carboxylic acids is 1. The third kappa shape index (κ3) is 2.55. The molecule has 16 heavy (non-hydrogen) atoms. The maximum Gasteiger partial charge on any atom is 0.323 e. The van der Waals surface area contributed by atoms with Crippen molar-refractivity contribution in [2.75, 3.05) is 13.2 Å². The quantitative estimate of drug-likeness (QED) is 0.672. The lowest BCUT2D eigenvalue weighted by Crippen LogP contribution is -2.51. The van der Waals surface area contributed by atoms with Crippen LogP contribution in [-0.2, 0) is 9.53 Å². The predicted octanol–water partition coefficient (Wildman–Crippen LogP) is 1.39. The molecule has 2 saturated carbocycles. The van der Waals surface area contributed by atoms with Gasteiger partial charge in [0.1, 0.15) is 5.54 Å². The fourth-order valence-corrected chi connectivity index (χ4v) is 2.55. The zero-order valence-electron chi connectivity index (χ0n) is 9.65. The second-order valence-corrected chi connectivity index (χ2v) is 5.24. The summed E-state index contributed by atoms with van der Waals surface area (Å²) in [6.07, 6.45) is 5.83. The van der Waals surface area contributed by atoms with Crippen molar-refractivity contribution >= 4 is 5.97 Å². The summed E-state index contributed by atoms with van der Waals surface area (Å²) in [5, 5.41) is 9.13. The van der Waals surface area contributed by atoms with E-state index in [0.29, 0.717) is 13.0 Å². The molecule has 0 amide bonds. The number of hydrogen-bond donors (Lipinski definition) is 2. The standard InChI is InChI=1S/C12H21NO3/c13-12(11(14)15)6-1-2-10(12)5-7-16-8-9-3-4-9/h9-10H,1-8,13H2,(H,14,15). The maximum absolute atomic E-state index is 11.1. The van der Waals surface area contributed by atoms with Crippen LogP contribution in [0.2, 0.25) is 0 Å². The van der Waals surface area contributed by atoms with E-state index >= 15 is 0 Å². The summed E-state index contributed by atoms with van der Waals surface area (Å²) >= 11 is 0. The van der Waals surface area contributed by atoms with E-state index in [2.05, 4.69) is 0 Å². The van der Waals surface area contributed by atoms with Gasteiger partial charge in [-0.3, -0.25) is 4.79 Å². The fourth-order valence-electron chi connectivity index (χ4n) is 2.55. The van der Waals surface area contributed by atoms with Gasteiger partial charge < -0.3 is 15.6 Å². The normalized spacial score (nSPS) is 34.2. The van der Waals surface area contributed by atoms with Crippen LogP contribution in [0.4, 0.5) is 0 Å². The Kier molecular flexibility index (Phi) is 3.50. The highest BCUT2D eigenvalue weighted by molar-refractivity contribution is 5.79. The lowest BCUT2D eigenvalue weighted by molar-refractivity contribution is -0.145. The summed E-state index contributed by atoms with van der Waals surface area (Å²) in [7, 11) is 0. The smallest absolute Gasteiger partial charge is 0.323 e. The number of carboxylic acid groups (broad SMARTS) is 1. The molecule has 2 unspecified atom stereocenters. The molecule has 2 atom stereocenters. The van der Waals surface area contributed by atoms with Gasteiger partial charge in [-0.25, -0.2) is 0 Å². The van der Waals surface area contributed by atoms with Crippen molar-refractivity contribution < 1.29 is 14.6 Å². The molecule has 0 heterocycles. The second-order valence-electron chi connectivity index (χ2n) is 5.24. The van der Waals surface area contributed by atoms with Gasteiger partial charge in [0.05, 0.1) is 0 Å². The second kappa shape index (κ2) is 4.72. The summed E-state index contributed by atoms with van der Waals surface area (Å²) in [4.78, 5) is 11.1. The van der Waals surface area contributed by atoms with Gasteiger partial charge in [0.15, 0.2) is 0 Å². The van der Waals surface area contributed by atoms with Crippen molar-refractivity contribution in [3.63, 3.8) is 0 Å². The molecule has 0 aromatic carbocycles. The summed E-state index contributed by atoms with van der Waals surface area (Å²) < 4.78 is 5.54. The monoisotopic (exact) mass is 227 g/mol. The summed E-state index contributed by atoms with van der Waals surface area (Å²) in [6.45, 7) is 1.50. The molecule has 2 aliphatic carbocycles. The largest absolute Gasteiger partial charge is 0.480 e. The van der Waals surface area contributed by atoms with Gasteiger partial charge in [-0.05, 0) is 43.9 Å². The maximum atomic E-state index is 11.1. The summed E-state index contributed by atoms with van der Waals surface area (Å²) in [5.74, 6) is 0.00656. The molecule has 0 spiro atoms. The van der Waals surface area contributed by atoms with Crippen molar-refractivity contribution in [1.82, 2.24) is 0 Å². The van der Waals surface area contributed by atoms with Gasteiger partial charge in [0.2, 0.25) is 0 Å². The van der Waals surface area contributed by atoms with E-state index in [1.165, 1.54) is 12.8 Å². The first-order valence-corrected chi connectivity index (χ1v) is 6.23.